The number of ether oxygens (including phenoxy) is 4. The van der Waals surface area contributed by atoms with E-state index in [1.54, 1.807) is 18.5 Å². The molecule has 0 spiro atoms. The third kappa shape index (κ3) is 9.36. The first kappa shape index (κ1) is 34.1. The van der Waals surface area contributed by atoms with E-state index in [2.05, 4.69) is 18.7 Å². The summed E-state index contributed by atoms with van der Waals surface area (Å²) in [5.41, 5.74) is 3.25. The lowest BCUT2D eigenvalue weighted by atomic mass is 9.82. The number of aromatic nitrogens is 2. The number of carbonyl (C=O) groups excluding carboxylic acids is 1. The molecule has 45 heavy (non-hydrogen) atoms. The van der Waals surface area contributed by atoms with Crippen LogP contribution in [-0.4, -0.2) is 53.9 Å². The van der Waals surface area contributed by atoms with Crippen LogP contribution in [0.15, 0.2) is 42.7 Å². The van der Waals surface area contributed by atoms with Gasteiger partial charge in [-0.25, -0.2) is 13.6 Å². The third-order valence-corrected chi connectivity index (χ3v) is 7.49. The molecule has 0 bridgehead atoms. The van der Waals surface area contributed by atoms with Crippen LogP contribution in [0.1, 0.15) is 78.7 Å². The van der Waals surface area contributed by atoms with Crippen LogP contribution in [0, 0.1) is 24.0 Å². The van der Waals surface area contributed by atoms with Crippen molar-refractivity contribution in [2.24, 2.45) is 5.41 Å². The molecule has 0 saturated carbocycles. The zero-order valence-electron chi connectivity index (χ0n) is 27.6. The number of anilines is 1. The number of hydrogen-bond acceptors (Lipinski definition) is 8. The Bertz CT molecular complexity index is 1440. The van der Waals surface area contributed by atoms with Crippen molar-refractivity contribution in [2.75, 3.05) is 31.2 Å². The molecule has 3 heterocycles. The van der Waals surface area contributed by atoms with Crippen LogP contribution in [0.25, 0.3) is 11.3 Å². The van der Waals surface area contributed by atoms with Crippen molar-refractivity contribution in [3.05, 3.63) is 65.6 Å². The number of rotatable bonds is 11. The topological polar surface area (TPSA) is 83.0 Å². The van der Waals surface area contributed by atoms with E-state index < -0.39 is 29.3 Å². The van der Waals surface area contributed by atoms with Gasteiger partial charge in [0.2, 0.25) is 0 Å². The Hall–Kier alpha value is -3.79. The van der Waals surface area contributed by atoms with Gasteiger partial charge in [-0.15, -0.1) is 0 Å². The van der Waals surface area contributed by atoms with Gasteiger partial charge in [0.05, 0.1) is 29.3 Å². The predicted molar refractivity (Wildman–Crippen MR) is 170 cm³/mol. The number of hydrogen-bond donors (Lipinski definition) is 0. The largest absolute Gasteiger partial charge is 0.490 e. The molecule has 1 aromatic carbocycles. The first-order chi connectivity index (χ1) is 21.1. The monoisotopic (exact) mass is 625 g/mol. The van der Waals surface area contributed by atoms with Crippen LogP contribution in [-0.2, 0) is 14.3 Å². The molecule has 8 nitrogen and oxygen atoms in total. The van der Waals surface area contributed by atoms with Crippen LogP contribution in [0.2, 0.25) is 0 Å². The highest BCUT2D eigenvalue weighted by Gasteiger charge is 2.37. The number of nitrogens with zero attached hydrogens (tertiary/aromatic N) is 3. The van der Waals surface area contributed by atoms with E-state index in [-0.39, 0.29) is 30.5 Å². The van der Waals surface area contributed by atoms with E-state index >= 15 is 0 Å². The Morgan fingerprint density at radius 2 is 1.58 bits per heavy atom. The molecule has 0 unspecified atom stereocenters. The summed E-state index contributed by atoms with van der Waals surface area (Å²) in [6.45, 7) is 17.7. The fourth-order valence-electron chi connectivity index (χ4n) is 5.21. The van der Waals surface area contributed by atoms with Crippen LogP contribution in [0.3, 0.4) is 0 Å². The molecule has 1 aliphatic rings. The van der Waals surface area contributed by atoms with Gasteiger partial charge in [0.25, 0.3) is 0 Å². The van der Waals surface area contributed by atoms with Crippen molar-refractivity contribution < 1.29 is 32.5 Å². The lowest BCUT2D eigenvalue weighted by molar-refractivity contribution is -0.171. The summed E-state index contributed by atoms with van der Waals surface area (Å²) in [5.74, 6) is -1.28. The quantitative estimate of drug-likeness (QED) is 0.159. The van der Waals surface area contributed by atoms with Gasteiger partial charge >= 0.3 is 5.97 Å². The summed E-state index contributed by atoms with van der Waals surface area (Å²) in [5, 5.41) is 0. The predicted octanol–water partition coefficient (Wildman–Crippen LogP) is 7.62. The van der Waals surface area contributed by atoms with Crippen molar-refractivity contribution in [3.8, 4) is 22.8 Å². The molecule has 1 saturated heterocycles. The van der Waals surface area contributed by atoms with E-state index in [0.29, 0.717) is 22.7 Å². The molecule has 4 rings (SSSR count). The Morgan fingerprint density at radius 1 is 0.956 bits per heavy atom. The number of carbonyl (C=O) groups is 1. The van der Waals surface area contributed by atoms with Crippen LogP contribution in [0.5, 0.6) is 11.5 Å². The maximum atomic E-state index is 13.6. The fourth-order valence-corrected chi connectivity index (χ4v) is 5.21. The van der Waals surface area contributed by atoms with Crippen molar-refractivity contribution >= 4 is 11.7 Å². The highest BCUT2D eigenvalue weighted by molar-refractivity contribution is 5.86. The van der Waals surface area contributed by atoms with E-state index in [0.717, 1.165) is 55.4 Å². The second kappa shape index (κ2) is 14.1. The number of esters is 1. The minimum Gasteiger partial charge on any atom is -0.490 e. The zero-order valence-corrected chi connectivity index (χ0v) is 27.6. The summed E-state index contributed by atoms with van der Waals surface area (Å²) in [7, 11) is 0. The second-order valence-electron chi connectivity index (χ2n) is 13.4. The zero-order chi connectivity index (χ0) is 32.9. The molecular weight excluding hydrogens is 580 g/mol. The maximum absolute atomic E-state index is 13.6. The van der Waals surface area contributed by atoms with Gasteiger partial charge in [-0.1, -0.05) is 13.8 Å². The minimum atomic E-state index is -0.987. The van der Waals surface area contributed by atoms with E-state index in [1.165, 1.54) is 0 Å². The Labute approximate surface area is 265 Å². The number of halogens is 2. The third-order valence-electron chi connectivity index (χ3n) is 7.49. The van der Waals surface area contributed by atoms with E-state index in [4.69, 9.17) is 28.9 Å². The van der Waals surface area contributed by atoms with Gasteiger partial charge in [-0.05, 0) is 71.9 Å². The molecule has 3 aromatic rings. The summed E-state index contributed by atoms with van der Waals surface area (Å²) in [6.07, 6.45) is 4.08. The number of pyridine rings is 2. The summed E-state index contributed by atoms with van der Waals surface area (Å²) < 4.78 is 50.1. The number of aryl methyl sites for hydroxylation is 1. The lowest BCUT2D eigenvalue weighted by Crippen LogP contribution is -2.39. The first-order valence-corrected chi connectivity index (χ1v) is 15.4. The molecular formula is C35H45F2N3O5. The van der Waals surface area contributed by atoms with Gasteiger partial charge in [0.15, 0.2) is 6.10 Å². The second-order valence-corrected chi connectivity index (χ2v) is 13.4. The van der Waals surface area contributed by atoms with Crippen molar-refractivity contribution in [2.45, 2.75) is 86.0 Å². The molecule has 1 atom stereocenters. The standard InChI is InChI=1S/C35H45F2N3O5/c1-22(2)44-33(41)32(45-34(4,5)6)30-23(3)38-21-28(31(30)40-13-11-35(7,8)12-14-40)29-10-9-26(20-39-29)42-15-16-43-27-18-24(36)17-25(37)19-27/h9-10,17-22,32H,11-16H2,1-8H3/t32-/m0/s1. The molecule has 1 aliphatic heterocycles. The molecule has 244 valence electrons. The average molecular weight is 626 g/mol. The van der Waals surface area contributed by atoms with Crippen molar-refractivity contribution in [1.82, 2.24) is 9.97 Å². The molecule has 0 radical (unpaired) electrons. The summed E-state index contributed by atoms with van der Waals surface area (Å²) >= 11 is 0. The van der Waals surface area contributed by atoms with Crippen LogP contribution >= 0.6 is 0 Å². The average Bonchev–Trinajstić information content (AvgIpc) is 2.93. The smallest absolute Gasteiger partial charge is 0.340 e. The molecule has 10 heteroatoms. The molecule has 2 aromatic heterocycles. The Morgan fingerprint density at radius 3 is 2.13 bits per heavy atom. The Kier molecular flexibility index (Phi) is 10.7. The highest BCUT2D eigenvalue weighted by atomic mass is 19.1. The first-order valence-electron chi connectivity index (χ1n) is 15.4. The molecule has 0 aliphatic carbocycles. The number of benzene rings is 1. The summed E-state index contributed by atoms with van der Waals surface area (Å²) in [4.78, 5) is 25.3. The lowest BCUT2D eigenvalue weighted by Gasteiger charge is -2.41. The fraction of sp³-hybridized carbons (Fsp3) is 0.514. The van der Waals surface area contributed by atoms with Gasteiger partial charge in [-0.3, -0.25) is 9.97 Å². The summed E-state index contributed by atoms with van der Waals surface area (Å²) in [6, 6.07) is 6.66. The maximum Gasteiger partial charge on any atom is 0.340 e. The highest BCUT2D eigenvalue weighted by Crippen LogP contribution is 2.43. The SMILES string of the molecule is Cc1ncc(-c2ccc(OCCOc3cc(F)cc(F)c3)cn2)c(N2CCC(C)(C)CC2)c1[C@H](OC(C)(C)C)C(=O)OC(C)C. The Balaban J connectivity index is 1.65. The van der Waals surface area contributed by atoms with Crippen LogP contribution < -0.4 is 14.4 Å². The van der Waals surface area contributed by atoms with E-state index in [1.807, 2.05) is 47.6 Å². The van der Waals surface area contributed by atoms with E-state index in [9.17, 15) is 13.6 Å². The van der Waals surface area contributed by atoms with Gasteiger partial charge in [0, 0.05) is 54.3 Å². The molecule has 0 N–H and O–H groups in total. The minimum absolute atomic E-state index is 0.0897. The van der Waals surface area contributed by atoms with Crippen molar-refractivity contribution in [1.29, 1.82) is 0 Å². The van der Waals surface area contributed by atoms with Gasteiger partial charge < -0.3 is 23.8 Å². The van der Waals surface area contributed by atoms with Crippen LogP contribution in [0.4, 0.5) is 14.5 Å². The normalized spacial score (nSPS) is 15.6. The van der Waals surface area contributed by atoms with Gasteiger partial charge in [0.1, 0.15) is 36.3 Å². The van der Waals surface area contributed by atoms with Gasteiger partial charge in [-0.2, -0.15) is 0 Å². The van der Waals surface area contributed by atoms with Crippen molar-refractivity contribution in [3.63, 3.8) is 0 Å². The molecule has 1 fully saturated rings. The number of piperidine rings is 1. The molecule has 0 amide bonds.